The fourth-order valence-electron chi connectivity index (χ4n) is 3.87. The Bertz CT molecular complexity index is 1420. The Morgan fingerprint density at radius 2 is 0.804 bits per heavy atom. The van der Waals surface area contributed by atoms with Crippen molar-refractivity contribution in [3.05, 3.63) is 144 Å². The Morgan fingerprint density at radius 1 is 0.510 bits per heavy atom. The van der Waals surface area contributed by atoms with Crippen molar-refractivity contribution in [1.82, 2.24) is 0 Å². The summed E-state index contributed by atoms with van der Waals surface area (Å²) in [5.41, 5.74) is 3.52. The summed E-state index contributed by atoms with van der Waals surface area (Å²) in [7, 11) is -6.30. The number of hydrogen-bond donors (Lipinski definition) is 1. The van der Waals surface area contributed by atoms with E-state index in [4.69, 9.17) is 32.2 Å². The molecule has 0 radical (unpaired) electrons. The zero-order valence-corrected chi connectivity index (χ0v) is 32.2. The highest BCUT2D eigenvalue weighted by molar-refractivity contribution is 7.48. The van der Waals surface area contributed by atoms with Crippen molar-refractivity contribution in [2.45, 2.75) is 52.1 Å². The molecule has 4 aromatic rings. The predicted molar refractivity (Wildman–Crippen MR) is 204 cm³/mol. The molecule has 0 atom stereocenters. The summed E-state index contributed by atoms with van der Waals surface area (Å²) in [5.74, 6) is 0. The van der Waals surface area contributed by atoms with Crippen molar-refractivity contribution in [2.24, 2.45) is 0 Å². The minimum absolute atomic E-state index is 0.0728. The van der Waals surface area contributed by atoms with Crippen molar-refractivity contribution >= 4 is 30.5 Å². The van der Waals surface area contributed by atoms with Gasteiger partial charge in [-0.25, -0.2) is 9.13 Å². The maximum absolute atomic E-state index is 12.8. The van der Waals surface area contributed by atoms with E-state index in [0.717, 1.165) is 37.1 Å². The highest BCUT2D eigenvalue weighted by Gasteiger charge is 2.28. The van der Waals surface area contributed by atoms with Crippen LogP contribution in [0.4, 0.5) is 0 Å². The van der Waals surface area contributed by atoms with Crippen LogP contribution in [-0.4, -0.2) is 44.5 Å². The second-order valence-electron chi connectivity index (χ2n) is 10.8. The van der Waals surface area contributed by atoms with E-state index in [0.29, 0.717) is 25.7 Å². The summed E-state index contributed by atoms with van der Waals surface area (Å²) in [6.45, 7) is 5.27. The maximum Gasteiger partial charge on any atom is 0.475 e. The Kier molecular flexibility index (Phi) is 24.1. The third kappa shape index (κ3) is 21.3. The third-order valence-corrected chi connectivity index (χ3v) is 9.23. The number of aliphatic hydroxyl groups is 1. The van der Waals surface area contributed by atoms with Gasteiger partial charge >= 0.3 is 15.6 Å². The quantitative estimate of drug-likeness (QED) is 0.0470. The Morgan fingerprint density at radius 3 is 1.08 bits per heavy atom. The number of aliphatic hydroxyl groups excluding tert-OH is 1. The standard InChI is InChI=1S/C18H23O5P.C18H21O5P.C2H7P/c2*19-13-7-8-14-21-24(20,22-15-17-9-3-1-4-10-17)23-16-18-11-5-2-6-12-18;1-3-2/h1-6,9-12,19H,7-8,13-16H2;1-6,9-13H,7-8,14-16H2;3H,1-2H3. The van der Waals surface area contributed by atoms with Gasteiger partial charge in [0.15, 0.2) is 0 Å². The molecule has 0 bridgehead atoms. The molecular formula is C38H51O10P3. The smallest absolute Gasteiger partial charge is 0.396 e. The van der Waals surface area contributed by atoms with Gasteiger partial charge < -0.3 is 9.90 Å². The monoisotopic (exact) mass is 760 g/mol. The zero-order valence-electron chi connectivity index (χ0n) is 29.4. The van der Waals surface area contributed by atoms with Gasteiger partial charge in [-0.1, -0.05) is 121 Å². The number of carbonyl (C=O) groups excluding carboxylic acids is 1. The first kappa shape index (κ1) is 44.3. The van der Waals surface area contributed by atoms with Gasteiger partial charge in [0, 0.05) is 13.0 Å². The van der Waals surface area contributed by atoms with E-state index in [1.165, 1.54) is 0 Å². The minimum Gasteiger partial charge on any atom is -0.396 e. The van der Waals surface area contributed by atoms with E-state index in [2.05, 4.69) is 13.3 Å². The van der Waals surface area contributed by atoms with Crippen LogP contribution in [0.3, 0.4) is 0 Å². The minimum atomic E-state index is -3.71. The van der Waals surface area contributed by atoms with E-state index >= 15 is 0 Å². The summed E-state index contributed by atoms with van der Waals surface area (Å²) in [4.78, 5) is 10.4. The number of aldehydes is 1. The number of rotatable bonds is 22. The lowest BCUT2D eigenvalue weighted by Gasteiger charge is -2.18. The largest absolute Gasteiger partial charge is 0.475 e. The van der Waals surface area contributed by atoms with Gasteiger partial charge in [-0.2, -0.15) is 0 Å². The lowest BCUT2D eigenvalue weighted by molar-refractivity contribution is -0.108. The molecule has 1 N–H and O–H groups in total. The molecule has 0 saturated carbocycles. The number of unbranched alkanes of at least 4 members (excludes halogenated alkanes) is 2. The molecule has 0 aliphatic rings. The van der Waals surface area contributed by atoms with Gasteiger partial charge in [-0.15, -0.1) is 8.58 Å². The van der Waals surface area contributed by atoms with Crippen molar-refractivity contribution < 1.29 is 46.2 Å². The van der Waals surface area contributed by atoms with Gasteiger partial charge in [-0.3, -0.25) is 27.1 Å². The molecule has 0 unspecified atom stereocenters. The topological polar surface area (TPSA) is 127 Å². The van der Waals surface area contributed by atoms with Gasteiger partial charge in [0.2, 0.25) is 0 Å². The molecule has 0 fully saturated rings. The number of benzene rings is 4. The summed E-state index contributed by atoms with van der Waals surface area (Å²) < 4.78 is 58.1. The number of phosphoric ester groups is 2. The molecule has 4 aromatic carbocycles. The molecule has 0 saturated heterocycles. The first-order valence-corrected chi connectivity index (χ1v) is 21.6. The van der Waals surface area contributed by atoms with Crippen molar-refractivity contribution in [2.75, 3.05) is 33.2 Å². The van der Waals surface area contributed by atoms with E-state index < -0.39 is 15.6 Å². The first-order chi connectivity index (χ1) is 24.8. The van der Waals surface area contributed by atoms with E-state index in [1.54, 1.807) is 0 Å². The summed E-state index contributed by atoms with van der Waals surface area (Å²) in [6, 6.07) is 37.6. The SMILES string of the molecule is CPC.O=CCCCOP(=O)(OCc1ccccc1)OCc1ccccc1.O=P(OCCCCO)(OCc1ccccc1)OCc1ccccc1. The van der Waals surface area contributed by atoms with E-state index in [1.807, 2.05) is 121 Å². The molecule has 0 aromatic heterocycles. The molecule has 4 rings (SSSR count). The maximum atomic E-state index is 12.8. The van der Waals surface area contributed by atoms with Gasteiger partial charge in [-0.05, 0) is 54.8 Å². The van der Waals surface area contributed by atoms with Crippen LogP contribution in [0.25, 0.3) is 0 Å². The molecule has 0 spiro atoms. The second-order valence-corrected chi connectivity index (χ2v) is 15.2. The molecular weight excluding hydrogens is 709 g/mol. The molecule has 0 aliphatic heterocycles. The Labute approximate surface area is 304 Å². The molecule has 0 heterocycles. The fraction of sp³-hybridized carbons (Fsp3) is 0.342. The van der Waals surface area contributed by atoms with Crippen molar-refractivity contribution in [3.63, 3.8) is 0 Å². The van der Waals surface area contributed by atoms with Crippen molar-refractivity contribution in [3.8, 4) is 0 Å². The van der Waals surface area contributed by atoms with Gasteiger partial charge in [0.1, 0.15) is 6.29 Å². The summed E-state index contributed by atoms with van der Waals surface area (Å²) in [6.07, 6.45) is 2.78. The molecule has 0 amide bonds. The number of carbonyl (C=O) groups is 1. The summed E-state index contributed by atoms with van der Waals surface area (Å²) in [5, 5.41) is 8.81. The molecule has 13 heteroatoms. The summed E-state index contributed by atoms with van der Waals surface area (Å²) >= 11 is 0. The average Bonchev–Trinajstić information content (AvgIpc) is 3.18. The van der Waals surface area contributed by atoms with Gasteiger partial charge in [0.25, 0.3) is 0 Å². The molecule has 51 heavy (non-hydrogen) atoms. The molecule has 0 aliphatic carbocycles. The lowest BCUT2D eigenvalue weighted by atomic mass is 10.2. The fourth-order valence-corrected chi connectivity index (χ4v) is 6.25. The Hall–Kier alpha value is -2.84. The first-order valence-electron chi connectivity index (χ1n) is 16.7. The highest BCUT2D eigenvalue weighted by atomic mass is 31.2. The van der Waals surface area contributed by atoms with Crippen LogP contribution in [0.1, 0.15) is 47.9 Å². The van der Waals surface area contributed by atoms with Crippen LogP contribution in [0.2, 0.25) is 0 Å². The van der Waals surface area contributed by atoms with Crippen LogP contribution in [-0.2, 0) is 67.5 Å². The van der Waals surface area contributed by atoms with E-state index in [9.17, 15) is 13.9 Å². The third-order valence-electron chi connectivity index (χ3n) is 6.45. The van der Waals surface area contributed by atoms with Crippen LogP contribution in [0, 0.1) is 0 Å². The molecule has 278 valence electrons. The van der Waals surface area contributed by atoms with Crippen LogP contribution in [0.15, 0.2) is 121 Å². The molecule has 10 nitrogen and oxygen atoms in total. The lowest BCUT2D eigenvalue weighted by Crippen LogP contribution is -2.03. The zero-order chi connectivity index (χ0) is 36.9. The van der Waals surface area contributed by atoms with Crippen molar-refractivity contribution in [1.29, 1.82) is 0 Å². The number of phosphoric acid groups is 2. The van der Waals surface area contributed by atoms with Gasteiger partial charge in [0.05, 0.1) is 39.6 Å². The van der Waals surface area contributed by atoms with E-state index in [-0.39, 0.29) is 46.2 Å². The van der Waals surface area contributed by atoms with Crippen LogP contribution in [0.5, 0.6) is 0 Å². The predicted octanol–water partition coefficient (Wildman–Crippen LogP) is 9.77. The number of hydrogen-bond acceptors (Lipinski definition) is 10. The Balaban J connectivity index is 0.000000328. The second kappa shape index (κ2) is 27.8. The van der Waals surface area contributed by atoms with Crippen LogP contribution < -0.4 is 0 Å². The average molecular weight is 761 g/mol. The van der Waals surface area contributed by atoms with Crippen LogP contribution >= 0.6 is 24.2 Å². The normalized spacial score (nSPS) is 11.1. The highest BCUT2D eigenvalue weighted by Crippen LogP contribution is 2.52.